The summed E-state index contributed by atoms with van der Waals surface area (Å²) in [6, 6.07) is 2.46. The van der Waals surface area contributed by atoms with E-state index in [0.29, 0.717) is 6.42 Å². The summed E-state index contributed by atoms with van der Waals surface area (Å²) in [4.78, 5) is 23.8. The zero-order valence-electron chi connectivity index (χ0n) is 11.2. The lowest BCUT2D eigenvalue weighted by atomic mass is 10.1. The minimum Gasteiger partial charge on any atom is -0.480 e. The zero-order valence-corrected chi connectivity index (χ0v) is 12.0. The first kappa shape index (κ1) is 15.5. The molecule has 2 amide bonds. The van der Waals surface area contributed by atoms with Gasteiger partial charge in [-0.15, -0.1) is 11.3 Å². The molecule has 0 saturated carbocycles. The van der Waals surface area contributed by atoms with Crippen LogP contribution in [0.5, 0.6) is 0 Å². The molecule has 0 radical (unpaired) electrons. The van der Waals surface area contributed by atoms with Gasteiger partial charge in [0.1, 0.15) is 6.04 Å². The molecular weight excluding hydrogens is 264 g/mol. The molecule has 0 fully saturated rings. The number of carbonyl (C=O) groups excluding carboxylic acids is 1. The Labute approximate surface area is 117 Å². The van der Waals surface area contributed by atoms with Crippen molar-refractivity contribution in [2.45, 2.75) is 45.2 Å². The fraction of sp³-hybridized carbons (Fsp3) is 0.538. The number of carboxylic acids is 1. The van der Waals surface area contributed by atoms with Crippen LogP contribution in [0.15, 0.2) is 17.5 Å². The van der Waals surface area contributed by atoms with Crippen LogP contribution in [0.2, 0.25) is 0 Å². The number of thiophene rings is 1. The number of unbranched alkanes of at least 4 members (excludes halogenated alkanes) is 1. The Kier molecular flexibility index (Phi) is 6.35. The van der Waals surface area contributed by atoms with E-state index in [4.69, 9.17) is 5.11 Å². The van der Waals surface area contributed by atoms with Gasteiger partial charge in [0.15, 0.2) is 0 Å². The summed E-state index contributed by atoms with van der Waals surface area (Å²) in [6.07, 6.45) is 2.13. The monoisotopic (exact) mass is 284 g/mol. The van der Waals surface area contributed by atoms with E-state index >= 15 is 0 Å². The maximum Gasteiger partial charge on any atom is 0.326 e. The molecule has 1 rings (SSSR count). The minimum absolute atomic E-state index is 0.124. The third-order valence-corrected chi connectivity index (χ3v) is 3.82. The molecule has 0 aliphatic rings. The molecule has 1 heterocycles. The number of amides is 2. The van der Waals surface area contributed by atoms with Gasteiger partial charge in [-0.3, -0.25) is 0 Å². The second kappa shape index (κ2) is 7.78. The van der Waals surface area contributed by atoms with E-state index in [2.05, 4.69) is 10.6 Å². The summed E-state index contributed by atoms with van der Waals surface area (Å²) >= 11 is 1.55. The van der Waals surface area contributed by atoms with E-state index in [9.17, 15) is 9.59 Å². The minimum atomic E-state index is -0.993. The van der Waals surface area contributed by atoms with Crippen LogP contribution in [0.25, 0.3) is 0 Å². The standard InChI is InChI=1S/C13H20N2O3S/c1-3-4-6-10(12(16)17)15-13(18)14-9(2)11-7-5-8-19-11/h5,7-10H,3-4,6H2,1-2H3,(H,16,17)(H2,14,15,18). The summed E-state index contributed by atoms with van der Waals surface area (Å²) in [5, 5.41) is 16.2. The molecular formula is C13H20N2O3S. The Balaban J connectivity index is 2.46. The van der Waals surface area contributed by atoms with Crippen LogP contribution >= 0.6 is 11.3 Å². The first-order chi connectivity index (χ1) is 9.04. The van der Waals surface area contributed by atoms with Crippen LogP contribution in [-0.2, 0) is 4.79 Å². The van der Waals surface area contributed by atoms with Crippen LogP contribution in [0.3, 0.4) is 0 Å². The van der Waals surface area contributed by atoms with Gasteiger partial charge in [-0.2, -0.15) is 0 Å². The van der Waals surface area contributed by atoms with Crippen molar-refractivity contribution in [1.29, 1.82) is 0 Å². The van der Waals surface area contributed by atoms with Crippen molar-refractivity contribution in [3.05, 3.63) is 22.4 Å². The summed E-state index contributed by atoms with van der Waals surface area (Å²) in [7, 11) is 0. The Bertz CT molecular complexity index is 406. The quantitative estimate of drug-likeness (QED) is 0.720. The van der Waals surface area contributed by atoms with Gasteiger partial charge in [0.25, 0.3) is 0 Å². The average molecular weight is 284 g/mol. The predicted octanol–water partition coefficient (Wildman–Crippen LogP) is 2.75. The van der Waals surface area contributed by atoms with E-state index < -0.39 is 18.0 Å². The third-order valence-electron chi connectivity index (χ3n) is 2.77. The van der Waals surface area contributed by atoms with Crippen LogP contribution in [0.4, 0.5) is 4.79 Å². The molecule has 19 heavy (non-hydrogen) atoms. The summed E-state index contributed by atoms with van der Waals surface area (Å²) in [5.41, 5.74) is 0. The van der Waals surface area contributed by atoms with E-state index in [1.807, 2.05) is 31.4 Å². The van der Waals surface area contributed by atoms with Crippen molar-refractivity contribution < 1.29 is 14.7 Å². The highest BCUT2D eigenvalue weighted by atomic mass is 32.1. The molecule has 0 spiro atoms. The second-order valence-electron chi connectivity index (χ2n) is 4.39. The van der Waals surface area contributed by atoms with E-state index in [1.165, 1.54) is 0 Å². The van der Waals surface area contributed by atoms with Gasteiger partial charge in [0.05, 0.1) is 6.04 Å². The van der Waals surface area contributed by atoms with Crippen molar-refractivity contribution in [2.24, 2.45) is 0 Å². The van der Waals surface area contributed by atoms with E-state index in [1.54, 1.807) is 11.3 Å². The van der Waals surface area contributed by atoms with Crippen molar-refractivity contribution in [2.75, 3.05) is 0 Å². The number of hydrogen-bond donors (Lipinski definition) is 3. The maximum atomic E-state index is 11.7. The molecule has 106 valence electrons. The Morgan fingerprint density at radius 2 is 2.16 bits per heavy atom. The number of urea groups is 1. The molecule has 0 aromatic carbocycles. The normalized spacial score (nSPS) is 13.6. The largest absolute Gasteiger partial charge is 0.480 e. The average Bonchev–Trinajstić information content (AvgIpc) is 2.87. The van der Waals surface area contributed by atoms with Crippen LogP contribution < -0.4 is 10.6 Å². The molecule has 1 aromatic rings. The number of nitrogens with one attached hydrogen (secondary N) is 2. The van der Waals surface area contributed by atoms with Gasteiger partial charge >= 0.3 is 12.0 Å². The number of aliphatic carboxylic acids is 1. The summed E-state index contributed by atoms with van der Waals surface area (Å²) in [6.45, 7) is 3.85. The topological polar surface area (TPSA) is 78.4 Å². The molecule has 5 nitrogen and oxygen atoms in total. The molecule has 6 heteroatoms. The highest BCUT2D eigenvalue weighted by molar-refractivity contribution is 7.10. The van der Waals surface area contributed by atoms with Crippen molar-refractivity contribution >= 4 is 23.3 Å². The smallest absolute Gasteiger partial charge is 0.326 e. The predicted molar refractivity (Wildman–Crippen MR) is 75.4 cm³/mol. The number of carboxylic acid groups (broad SMARTS) is 1. The second-order valence-corrected chi connectivity index (χ2v) is 5.37. The Hall–Kier alpha value is -1.56. The van der Waals surface area contributed by atoms with Crippen molar-refractivity contribution in [3.8, 4) is 0 Å². The summed E-state index contributed by atoms with van der Waals surface area (Å²) in [5.74, 6) is -0.993. The zero-order chi connectivity index (χ0) is 14.3. The lowest BCUT2D eigenvalue weighted by Gasteiger charge is -2.17. The number of hydrogen-bond acceptors (Lipinski definition) is 3. The highest BCUT2D eigenvalue weighted by Crippen LogP contribution is 2.17. The van der Waals surface area contributed by atoms with Crippen LogP contribution in [-0.4, -0.2) is 23.1 Å². The van der Waals surface area contributed by atoms with Gasteiger partial charge < -0.3 is 15.7 Å². The number of carbonyl (C=O) groups is 2. The SMILES string of the molecule is CCCCC(NC(=O)NC(C)c1cccs1)C(=O)O. The van der Waals surface area contributed by atoms with Crippen LogP contribution in [0.1, 0.15) is 44.0 Å². The molecule has 0 saturated heterocycles. The summed E-state index contributed by atoms with van der Waals surface area (Å²) < 4.78 is 0. The molecule has 2 atom stereocenters. The van der Waals surface area contributed by atoms with Gasteiger partial charge in [-0.1, -0.05) is 25.8 Å². The molecule has 3 N–H and O–H groups in total. The van der Waals surface area contributed by atoms with Gasteiger partial charge in [0, 0.05) is 4.88 Å². The molecule has 2 unspecified atom stereocenters. The van der Waals surface area contributed by atoms with Crippen molar-refractivity contribution in [3.63, 3.8) is 0 Å². The van der Waals surface area contributed by atoms with E-state index in [0.717, 1.165) is 17.7 Å². The van der Waals surface area contributed by atoms with Gasteiger partial charge in [-0.05, 0) is 24.8 Å². The Morgan fingerprint density at radius 1 is 1.42 bits per heavy atom. The van der Waals surface area contributed by atoms with Crippen LogP contribution in [0, 0.1) is 0 Å². The first-order valence-corrected chi connectivity index (χ1v) is 7.25. The third kappa shape index (κ3) is 5.30. The van der Waals surface area contributed by atoms with Crippen molar-refractivity contribution in [1.82, 2.24) is 10.6 Å². The molecule has 1 aromatic heterocycles. The molecule has 0 aliphatic heterocycles. The fourth-order valence-electron chi connectivity index (χ4n) is 1.67. The molecule has 0 bridgehead atoms. The lowest BCUT2D eigenvalue weighted by Crippen LogP contribution is -2.46. The Morgan fingerprint density at radius 3 is 2.68 bits per heavy atom. The maximum absolute atomic E-state index is 11.7. The van der Waals surface area contributed by atoms with Gasteiger partial charge in [-0.25, -0.2) is 9.59 Å². The highest BCUT2D eigenvalue weighted by Gasteiger charge is 2.20. The lowest BCUT2D eigenvalue weighted by molar-refractivity contribution is -0.139. The van der Waals surface area contributed by atoms with Gasteiger partial charge in [0.2, 0.25) is 0 Å². The van der Waals surface area contributed by atoms with E-state index in [-0.39, 0.29) is 6.04 Å². The molecule has 0 aliphatic carbocycles. The fourth-order valence-corrected chi connectivity index (χ4v) is 2.41. The number of rotatable bonds is 7. The first-order valence-electron chi connectivity index (χ1n) is 6.37.